The Balaban J connectivity index is 1.73. The molecule has 2 N–H and O–H groups in total. The number of carbonyl (C=O) groups excluding carboxylic acids is 2. The van der Waals surface area contributed by atoms with Gasteiger partial charge in [-0.25, -0.2) is 0 Å². The number of furan rings is 1. The molecule has 0 saturated heterocycles. The van der Waals surface area contributed by atoms with E-state index in [4.69, 9.17) is 4.42 Å². The Labute approximate surface area is 174 Å². The van der Waals surface area contributed by atoms with Crippen molar-refractivity contribution in [1.29, 1.82) is 0 Å². The largest absolute Gasteiger partial charge is 0.459 e. The van der Waals surface area contributed by atoms with E-state index in [9.17, 15) is 22.8 Å². The zero-order valence-electron chi connectivity index (χ0n) is 15.7. The van der Waals surface area contributed by atoms with Crippen LogP contribution < -0.4 is 10.6 Å². The molecular weight excluding hydrogens is 417 g/mol. The van der Waals surface area contributed by atoms with Crippen molar-refractivity contribution in [3.05, 3.63) is 77.7 Å². The van der Waals surface area contributed by atoms with Crippen molar-refractivity contribution in [2.24, 2.45) is 0 Å². The fourth-order valence-corrected chi connectivity index (χ4v) is 3.44. The molecule has 9 heteroatoms. The molecule has 0 unspecified atom stereocenters. The molecule has 1 aromatic heterocycles. The molecule has 0 aliphatic carbocycles. The molecule has 2 aromatic carbocycles. The average Bonchev–Trinajstić information content (AvgIpc) is 3.23. The van der Waals surface area contributed by atoms with Gasteiger partial charge >= 0.3 is 6.18 Å². The number of hydrogen-bond acceptors (Lipinski definition) is 4. The number of rotatable bonds is 6. The first-order valence-corrected chi connectivity index (χ1v) is 9.77. The van der Waals surface area contributed by atoms with Crippen LogP contribution in [0.25, 0.3) is 0 Å². The van der Waals surface area contributed by atoms with E-state index in [-0.39, 0.29) is 22.9 Å². The van der Waals surface area contributed by atoms with Crippen molar-refractivity contribution in [2.45, 2.75) is 18.0 Å². The molecule has 0 aliphatic rings. The lowest BCUT2D eigenvalue weighted by molar-refractivity contribution is -0.136. The van der Waals surface area contributed by atoms with Crippen LogP contribution in [0.4, 0.5) is 24.5 Å². The number of thioether (sulfide) groups is 1. The summed E-state index contributed by atoms with van der Waals surface area (Å²) < 4.78 is 45.4. The van der Waals surface area contributed by atoms with Crippen LogP contribution in [0.1, 0.15) is 21.7 Å². The van der Waals surface area contributed by atoms with Gasteiger partial charge in [0.2, 0.25) is 5.91 Å². The third-order valence-corrected chi connectivity index (χ3v) is 5.23. The average molecular weight is 434 g/mol. The topological polar surface area (TPSA) is 71.3 Å². The van der Waals surface area contributed by atoms with E-state index >= 15 is 0 Å². The lowest BCUT2D eigenvalue weighted by Crippen LogP contribution is -2.19. The number of halogens is 3. The van der Waals surface area contributed by atoms with E-state index in [2.05, 4.69) is 10.6 Å². The molecular formula is C21H17F3N2O3S. The van der Waals surface area contributed by atoms with E-state index in [0.29, 0.717) is 0 Å². The molecule has 2 amide bonds. The number of amides is 2. The number of nitrogens with one attached hydrogen (secondary N) is 2. The number of aryl methyl sites for hydroxylation is 1. The maximum atomic E-state index is 13.5. The van der Waals surface area contributed by atoms with Crippen LogP contribution in [-0.4, -0.2) is 17.6 Å². The van der Waals surface area contributed by atoms with Crippen LogP contribution in [0, 0.1) is 6.92 Å². The normalized spacial score (nSPS) is 11.2. The number of hydrogen-bond donors (Lipinski definition) is 2. The van der Waals surface area contributed by atoms with Gasteiger partial charge in [0.15, 0.2) is 5.76 Å². The van der Waals surface area contributed by atoms with E-state index in [0.717, 1.165) is 22.6 Å². The van der Waals surface area contributed by atoms with Crippen LogP contribution >= 0.6 is 11.8 Å². The minimum Gasteiger partial charge on any atom is -0.459 e. The van der Waals surface area contributed by atoms with Gasteiger partial charge in [-0.2, -0.15) is 13.2 Å². The maximum absolute atomic E-state index is 13.5. The van der Waals surface area contributed by atoms with Crippen molar-refractivity contribution in [3.63, 3.8) is 0 Å². The summed E-state index contributed by atoms with van der Waals surface area (Å²) >= 11 is 1.24. The van der Waals surface area contributed by atoms with Crippen LogP contribution in [0.15, 0.2) is 70.2 Å². The van der Waals surface area contributed by atoms with Gasteiger partial charge in [0.05, 0.1) is 23.3 Å². The van der Waals surface area contributed by atoms with Gasteiger partial charge in [0.25, 0.3) is 5.91 Å². The Morgan fingerprint density at radius 3 is 2.47 bits per heavy atom. The molecule has 156 valence electrons. The monoisotopic (exact) mass is 434 g/mol. The summed E-state index contributed by atoms with van der Waals surface area (Å²) in [5.74, 6) is -1.33. The van der Waals surface area contributed by atoms with Crippen LogP contribution in [0.5, 0.6) is 0 Å². The van der Waals surface area contributed by atoms with Gasteiger partial charge in [-0.15, -0.1) is 11.8 Å². The molecule has 0 aliphatic heterocycles. The Kier molecular flexibility index (Phi) is 6.51. The van der Waals surface area contributed by atoms with E-state index in [1.54, 1.807) is 0 Å². The SMILES string of the molecule is Cc1ccccc1SCC(=O)Nc1ccc(NC(=O)c2ccco2)cc1C(F)(F)F. The van der Waals surface area contributed by atoms with Crippen LogP contribution in [-0.2, 0) is 11.0 Å². The van der Waals surface area contributed by atoms with Crippen LogP contribution in [0.3, 0.4) is 0 Å². The van der Waals surface area contributed by atoms with Crippen molar-refractivity contribution in [3.8, 4) is 0 Å². The van der Waals surface area contributed by atoms with Gasteiger partial charge in [0, 0.05) is 10.6 Å². The number of benzene rings is 2. The molecule has 30 heavy (non-hydrogen) atoms. The smallest absolute Gasteiger partial charge is 0.418 e. The lowest BCUT2D eigenvalue weighted by Gasteiger charge is -2.16. The maximum Gasteiger partial charge on any atom is 0.418 e. The fourth-order valence-electron chi connectivity index (χ4n) is 2.61. The zero-order chi connectivity index (χ0) is 21.7. The van der Waals surface area contributed by atoms with Gasteiger partial charge < -0.3 is 15.1 Å². The number of anilines is 2. The summed E-state index contributed by atoms with van der Waals surface area (Å²) in [6.45, 7) is 1.89. The quantitative estimate of drug-likeness (QED) is 0.496. The molecule has 0 spiro atoms. The van der Waals surface area contributed by atoms with Gasteiger partial charge in [-0.3, -0.25) is 9.59 Å². The number of alkyl halides is 3. The predicted molar refractivity (Wildman–Crippen MR) is 109 cm³/mol. The zero-order valence-corrected chi connectivity index (χ0v) is 16.6. The number of carbonyl (C=O) groups is 2. The first kappa shape index (κ1) is 21.5. The summed E-state index contributed by atoms with van der Waals surface area (Å²) in [5.41, 5.74) is -0.540. The van der Waals surface area contributed by atoms with E-state index in [1.807, 2.05) is 31.2 Å². The standard InChI is InChI=1S/C21H17F3N2O3S/c1-13-5-2-3-7-18(13)30-12-19(27)26-16-9-8-14(11-15(16)21(22,23)24)25-20(28)17-6-4-10-29-17/h2-11H,12H2,1H3,(H,25,28)(H,26,27). The molecule has 0 bridgehead atoms. The second-order valence-electron chi connectivity index (χ2n) is 6.29. The van der Waals surface area contributed by atoms with Gasteiger partial charge in [0.1, 0.15) is 0 Å². The predicted octanol–water partition coefficient (Wildman–Crippen LogP) is 5.59. The Hall–Kier alpha value is -3.20. The van der Waals surface area contributed by atoms with Crippen molar-refractivity contribution in [2.75, 3.05) is 16.4 Å². The lowest BCUT2D eigenvalue weighted by atomic mass is 10.1. The molecule has 3 rings (SSSR count). The van der Waals surface area contributed by atoms with E-state index in [1.165, 1.54) is 36.2 Å². The second-order valence-corrected chi connectivity index (χ2v) is 7.31. The van der Waals surface area contributed by atoms with Crippen molar-refractivity contribution >= 4 is 35.0 Å². The first-order valence-electron chi connectivity index (χ1n) is 8.78. The Morgan fingerprint density at radius 1 is 1.03 bits per heavy atom. The van der Waals surface area contributed by atoms with Crippen molar-refractivity contribution in [1.82, 2.24) is 0 Å². The molecule has 0 fully saturated rings. The highest BCUT2D eigenvalue weighted by molar-refractivity contribution is 8.00. The van der Waals surface area contributed by atoms with Crippen LogP contribution in [0.2, 0.25) is 0 Å². The van der Waals surface area contributed by atoms with Gasteiger partial charge in [-0.05, 0) is 48.9 Å². The minimum atomic E-state index is -4.73. The fraction of sp³-hybridized carbons (Fsp3) is 0.143. The Bertz CT molecular complexity index is 1050. The van der Waals surface area contributed by atoms with E-state index < -0.39 is 23.6 Å². The molecule has 1 heterocycles. The Morgan fingerprint density at radius 2 is 1.80 bits per heavy atom. The highest BCUT2D eigenvalue weighted by Gasteiger charge is 2.34. The molecule has 0 radical (unpaired) electrons. The minimum absolute atomic E-state index is 0.0332. The van der Waals surface area contributed by atoms with Gasteiger partial charge in [-0.1, -0.05) is 18.2 Å². The molecule has 3 aromatic rings. The summed E-state index contributed by atoms with van der Waals surface area (Å²) in [5, 5.41) is 4.64. The summed E-state index contributed by atoms with van der Waals surface area (Å²) in [4.78, 5) is 25.1. The van der Waals surface area contributed by atoms with Crippen molar-refractivity contribution < 1.29 is 27.2 Å². The summed E-state index contributed by atoms with van der Waals surface area (Å²) in [7, 11) is 0. The molecule has 5 nitrogen and oxygen atoms in total. The highest BCUT2D eigenvalue weighted by Crippen LogP contribution is 2.37. The second kappa shape index (κ2) is 9.08. The highest BCUT2D eigenvalue weighted by atomic mass is 32.2. The molecule has 0 atom stereocenters. The first-order chi connectivity index (χ1) is 14.2. The summed E-state index contributed by atoms with van der Waals surface area (Å²) in [6.07, 6.45) is -3.44. The third-order valence-electron chi connectivity index (χ3n) is 4.05. The molecule has 0 saturated carbocycles. The summed E-state index contributed by atoms with van der Waals surface area (Å²) in [6, 6.07) is 13.4. The third kappa shape index (κ3) is 5.44.